The highest BCUT2D eigenvalue weighted by molar-refractivity contribution is 7.87. The highest BCUT2D eigenvalue weighted by atomic mass is 32.2. The van der Waals surface area contributed by atoms with Crippen molar-refractivity contribution in [3.63, 3.8) is 0 Å². The maximum atomic E-state index is 13.5. The number of hydrogen-bond acceptors (Lipinski definition) is 4. The van der Waals surface area contributed by atoms with Crippen molar-refractivity contribution in [2.75, 3.05) is 5.32 Å². The van der Waals surface area contributed by atoms with Crippen LogP contribution in [0.4, 0.5) is 5.69 Å². The van der Waals surface area contributed by atoms with E-state index < -0.39 is 10.1 Å². The second-order valence-electron chi connectivity index (χ2n) is 10.7. The van der Waals surface area contributed by atoms with Crippen LogP contribution in [-0.4, -0.2) is 14.3 Å². The van der Waals surface area contributed by atoms with Crippen molar-refractivity contribution in [3.8, 4) is 5.75 Å². The normalized spacial score (nSPS) is 15.5. The van der Waals surface area contributed by atoms with Crippen molar-refractivity contribution in [2.45, 2.75) is 103 Å². The summed E-state index contributed by atoms with van der Waals surface area (Å²) in [6, 6.07) is 10.6. The first-order valence-electron chi connectivity index (χ1n) is 13.0. The summed E-state index contributed by atoms with van der Waals surface area (Å²) >= 11 is 0. The maximum absolute atomic E-state index is 13.5. The minimum atomic E-state index is -4.05. The number of carbonyl (C=O) groups excluding carboxylic acids is 1. The number of carbonyl (C=O) groups is 1. The topological polar surface area (TPSA) is 72.5 Å². The molecule has 0 saturated heterocycles. The summed E-state index contributed by atoms with van der Waals surface area (Å²) in [5.74, 6) is 0.675. The highest BCUT2D eigenvalue weighted by Gasteiger charge is 2.29. The van der Waals surface area contributed by atoms with E-state index in [1.54, 1.807) is 24.3 Å². The van der Waals surface area contributed by atoms with Crippen molar-refractivity contribution in [1.29, 1.82) is 0 Å². The van der Waals surface area contributed by atoms with Crippen molar-refractivity contribution in [1.82, 2.24) is 0 Å². The van der Waals surface area contributed by atoms with Gasteiger partial charge in [-0.15, -0.1) is 0 Å². The van der Waals surface area contributed by atoms with Gasteiger partial charge in [-0.05, 0) is 71.6 Å². The number of rotatable bonds is 8. The van der Waals surface area contributed by atoms with E-state index in [9.17, 15) is 13.2 Å². The van der Waals surface area contributed by atoms with Gasteiger partial charge in [0.15, 0.2) is 0 Å². The van der Waals surface area contributed by atoms with Gasteiger partial charge in [-0.1, -0.05) is 79.4 Å². The number of amides is 1. The quantitative estimate of drug-likeness (QED) is 0.298. The SMILES string of the molecule is CC(C)c1cc(C(C)C)c(S(=O)(=O)Oc2ccc(NC(=O)C3CCCCCC3)cc2)c(C(C)C)c1. The fourth-order valence-corrected chi connectivity index (χ4v) is 6.34. The Hall–Kier alpha value is -2.34. The lowest BCUT2D eigenvalue weighted by Crippen LogP contribution is -2.22. The number of nitrogens with one attached hydrogen (secondary N) is 1. The predicted molar refractivity (Wildman–Crippen MR) is 143 cm³/mol. The minimum absolute atomic E-state index is 0.0288. The largest absolute Gasteiger partial charge is 0.379 e. The van der Waals surface area contributed by atoms with Gasteiger partial charge in [0.2, 0.25) is 5.91 Å². The zero-order valence-electron chi connectivity index (χ0n) is 22.1. The van der Waals surface area contributed by atoms with E-state index in [0.29, 0.717) is 11.6 Å². The van der Waals surface area contributed by atoms with Crippen molar-refractivity contribution >= 4 is 21.7 Å². The number of benzene rings is 2. The van der Waals surface area contributed by atoms with Gasteiger partial charge in [0.1, 0.15) is 10.6 Å². The van der Waals surface area contributed by atoms with Crippen LogP contribution >= 0.6 is 0 Å². The average Bonchev–Trinajstić information content (AvgIpc) is 3.09. The molecule has 1 amide bonds. The molecule has 6 heteroatoms. The van der Waals surface area contributed by atoms with Crippen LogP contribution in [0.15, 0.2) is 41.3 Å². The van der Waals surface area contributed by atoms with Gasteiger partial charge < -0.3 is 9.50 Å². The van der Waals surface area contributed by atoms with Crippen LogP contribution in [0.1, 0.15) is 115 Å². The Balaban J connectivity index is 1.84. The molecule has 1 aliphatic carbocycles. The van der Waals surface area contributed by atoms with Crippen molar-refractivity contribution < 1.29 is 17.4 Å². The predicted octanol–water partition coefficient (Wildman–Crippen LogP) is 7.73. The Bertz CT molecular complexity index is 1080. The molecule has 1 aliphatic rings. The third-order valence-corrected chi connectivity index (χ3v) is 8.27. The lowest BCUT2D eigenvalue weighted by Gasteiger charge is -2.22. The van der Waals surface area contributed by atoms with Crippen molar-refractivity contribution in [2.24, 2.45) is 5.92 Å². The second-order valence-corrected chi connectivity index (χ2v) is 12.2. The molecule has 0 bridgehead atoms. The molecule has 0 aliphatic heterocycles. The maximum Gasteiger partial charge on any atom is 0.339 e. The van der Waals surface area contributed by atoms with Gasteiger partial charge in [-0.25, -0.2) is 0 Å². The van der Waals surface area contributed by atoms with Gasteiger partial charge in [0, 0.05) is 11.6 Å². The molecular weight excluding hydrogens is 458 g/mol. The summed E-state index contributed by atoms with van der Waals surface area (Å²) < 4.78 is 32.7. The van der Waals surface area contributed by atoms with E-state index in [2.05, 4.69) is 19.2 Å². The second kappa shape index (κ2) is 11.6. The fourth-order valence-electron chi connectivity index (χ4n) is 4.73. The van der Waals surface area contributed by atoms with Crippen LogP contribution in [0.2, 0.25) is 0 Å². The first kappa shape index (κ1) is 27.3. The van der Waals surface area contributed by atoms with Crippen LogP contribution in [0.3, 0.4) is 0 Å². The third-order valence-electron chi connectivity index (χ3n) is 6.88. The molecule has 3 rings (SSSR count). The van der Waals surface area contributed by atoms with Gasteiger partial charge in [-0.2, -0.15) is 8.42 Å². The van der Waals surface area contributed by atoms with Crippen LogP contribution in [-0.2, 0) is 14.9 Å². The molecule has 2 aromatic carbocycles. The molecule has 1 saturated carbocycles. The zero-order chi connectivity index (χ0) is 25.8. The molecule has 0 spiro atoms. The van der Waals surface area contributed by atoms with Crippen molar-refractivity contribution in [3.05, 3.63) is 53.1 Å². The Morgan fingerprint density at radius 2 is 1.34 bits per heavy atom. The molecule has 2 aromatic rings. The monoisotopic (exact) mass is 499 g/mol. The summed E-state index contributed by atoms with van der Waals surface area (Å²) in [5.41, 5.74) is 3.35. The molecule has 0 unspecified atom stereocenters. The average molecular weight is 500 g/mol. The molecule has 192 valence electrons. The van der Waals surface area contributed by atoms with E-state index >= 15 is 0 Å². The third kappa shape index (κ3) is 6.87. The molecule has 0 aromatic heterocycles. The molecule has 35 heavy (non-hydrogen) atoms. The van der Waals surface area contributed by atoms with Gasteiger partial charge in [-0.3, -0.25) is 4.79 Å². The van der Waals surface area contributed by atoms with Gasteiger partial charge >= 0.3 is 10.1 Å². The summed E-state index contributed by atoms with van der Waals surface area (Å²) in [5, 5.41) is 2.98. The Labute approximate surface area is 211 Å². The Morgan fingerprint density at radius 1 is 0.829 bits per heavy atom. The molecule has 0 radical (unpaired) electrons. The summed E-state index contributed by atoms with van der Waals surface area (Å²) in [6.07, 6.45) is 6.44. The molecule has 5 nitrogen and oxygen atoms in total. The zero-order valence-corrected chi connectivity index (χ0v) is 22.9. The highest BCUT2D eigenvalue weighted by Crippen LogP contribution is 2.36. The summed E-state index contributed by atoms with van der Waals surface area (Å²) in [4.78, 5) is 12.9. The molecule has 0 heterocycles. The van der Waals surface area contributed by atoms with Gasteiger partial charge in [0.25, 0.3) is 0 Å². The van der Waals surface area contributed by atoms with Crippen LogP contribution in [0.5, 0.6) is 5.75 Å². The molecule has 1 N–H and O–H groups in total. The fraction of sp³-hybridized carbons (Fsp3) is 0.552. The lowest BCUT2D eigenvalue weighted by atomic mass is 9.89. The lowest BCUT2D eigenvalue weighted by molar-refractivity contribution is -0.120. The Morgan fingerprint density at radius 3 is 1.80 bits per heavy atom. The number of anilines is 1. The van der Waals surface area contributed by atoms with E-state index in [-0.39, 0.29) is 34.3 Å². The van der Waals surface area contributed by atoms with Crippen LogP contribution in [0.25, 0.3) is 0 Å². The Kier molecular flexibility index (Phi) is 9.03. The van der Waals surface area contributed by atoms with Crippen LogP contribution in [0, 0.1) is 5.92 Å². The summed E-state index contributed by atoms with van der Waals surface area (Å²) in [6.45, 7) is 12.3. The number of hydrogen-bond donors (Lipinski definition) is 1. The molecule has 0 atom stereocenters. The van der Waals surface area contributed by atoms with Gasteiger partial charge in [0.05, 0.1) is 0 Å². The van der Waals surface area contributed by atoms with E-state index in [4.69, 9.17) is 4.18 Å². The van der Waals surface area contributed by atoms with E-state index in [1.807, 2.05) is 39.8 Å². The van der Waals surface area contributed by atoms with E-state index in [1.165, 1.54) is 12.8 Å². The molecule has 1 fully saturated rings. The van der Waals surface area contributed by atoms with Crippen LogP contribution < -0.4 is 9.50 Å². The first-order chi connectivity index (χ1) is 16.5. The van der Waals surface area contributed by atoms with E-state index in [0.717, 1.165) is 42.4 Å². The molecular formula is C29H41NO4S. The first-order valence-corrected chi connectivity index (χ1v) is 14.4. The summed E-state index contributed by atoms with van der Waals surface area (Å²) in [7, 11) is -4.05. The standard InChI is InChI=1S/C29H41NO4S/c1-19(2)23-17-26(20(3)4)28(27(18-23)21(5)6)35(32,33)34-25-15-13-24(14-16-25)30-29(31)22-11-9-7-8-10-12-22/h13-22H,7-12H2,1-6H3,(H,30,31). The minimum Gasteiger partial charge on any atom is -0.379 e. The smallest absolute Gasteiger partial charge is 0.339 e.